The summed E-state index contributed by atoms with van der Waals surface area (Å²) in [5.41, 5.74) is 0. The minimum atomic E-state index is -1.17. The molecule has 3 unspecified atom stereocenters. The minimum Gasteiger partial charge on any atom is -0.480 e. The smallest absolute Gasteiger partial charge is 0.326 e. The SMILES string of the molecule is CCCNC(=O)C(C)NC(=O)N1CC(O)CC1C(=O)O. The molecular weight excluding hydrogens is 266 g/mol. The van der Waals surface area contributed by atoms with Gasteiger partial charge >= 0.3 is 12.0 Å². The van der Waals surface area contributed by atoms with Crippen molar-refractivity contribution in [1.29, 1.82) is 0 Å². The van der Waals surface area contributed by atoms with Crippen molar-refractivity contribution in [2.45, 2.75) is 44.9 Å². The second kappa shape index (κ2) is 7.09. The highest BCUT2D eigenvalue weighted by atomic mass is 16.4. The summed E-state index contributed by atoms with van der Waals surface area (Å²) >= 11 is 0. The van der Waals surface area contributed by atoms with E-state index in [9.17, 15) is 19.5 Å². The number of likely N-dealkylation sites (tertiary alicyclic amines) is 1. The Kier molecular flexibility index (Phi) is 5.75. The lowest BCUT2D eigenvalue weighted by Gasteiger charge is -2.23. The van der Waals surface area contributed by atoms with E-state index in [0.29, 0.717) is 6.54 Å². The first kappa shape index (κ1) is 16.2. The maximum absolute atomic E-state index is 12.0. The molecule has 20 heavy (non-hydrogen) atoms. The molecule has 0 spiro atoms. The number of carboxylic acid groups (broad SMARTS) is 1. The van der Waals surface area contributed by atoms with E-state index in [1.807, 2.05) is 6.92 Å². The zero-order chi connectivity index (χ0) is 15.3. The third-order valence-electron chi connectivity index (χ3n) is 3.11. The molecule has 1 aliphatic heterocycles. The number of rotatable bonds is 5. The Labute approximate surface area is 117 Å². The highest BCUT2D eigenvalue weighted by Crippen LogP contribution is 2.18. The number of nitrogens with zero attached hydrogens (tertiary/aromatic N) is 1. The second-order valence-electron chi connectivity index (χ2n) is 4.86. The Hall–Kier alpha value is -1.83. The van der Waals surface area contributed by atoms with Crippen LogP contribution in [-0.4, -0.2) is 64.3 Å². The van der Waals surface area contributed by atoms with E-state index in [-0.39, 0.29) is 18.9 Å². The Morgan fingerprint density at radius 2 is 2.05 bits per heavy atom. The number of aliphatic hydroxyl groups excluding tert-OH is 1. The molecule has 114 valence electrons. The van der Waals surface area contributed by atoms with Gasteiger partial charge in [-0.05, 0) is 13.3 Å². The van der Waals surface area contributed by atoms with E-state index in [2.05, 4.69) is 10.6 Å². The van der Waals surface area contributed by atoms with E-state index in [4.69, 9.17) is 5.11 Å². The average molecular weight is 287 g/mol. The van der Waals surface area contributed by atoms with Crippen LogP contribution in [0.1, 0.15) is 26.7 Å². The molecule has 0 saturated carbocycles. The number of aliphatic hydroxyl groups is 1. The molecule has 0 aromatic carbocycles. The van der Waals surface area contributed by atoms with Crippen molar-refractivity contribution in [2.24, 2.45) is 0 Å². The molecule has 3 amide bonds. The van der Waals surface area contributed by atoms with Crippen LogP contribution in [0.3, 0.4) is 0 Å². The zero-order valence-corrected chi connectivity index (χ0v) is 11.6. The minimum absolute atomic E-state index is 0.000828. The molecule has 1 saturated heterocycles. The molecule has 1 fully saturated rings. The van der Waals surface area contributed by atoms with E-state index in [1.54, 1.807) is 0 Å². The topological polar surface area (TPSA) is 119 Å². The summed E-state index contributed by atoms with van der Waals surface area (Å²) in [5, 5.41) is 23.5. The molecule has 1 heterocycles. The van der Waals surface area contributed by atoms with Gasteiger partial charge in [-0.15, -0.1) is 0 Å². The molecule has 8 nitrogen and oxygen atoms in total. The van der Waals surface area contributed by atoms with Crippen molar-refractivity contribution < 1.29 is 24.6 Å². The van der Waals surface area contributed by atoms with Gasteiger partial charge in [-0.25, -0.2) is 9.59 Å². The van der Waals surface area contributed by atoms with Gasteiger partial charge in [-0.3, -0.25) is 4.79 Å². The summed E-state index contributed by atoms with van der Waals surface area (Å²) < 4.78 is 0. The van der Waals surface area contributed by atoms with Gasteiger partial charge < -0.3 is 25.7 Å². The molecule has 0 radical (unpaired) electrons. The summed E-state index contributed by atoms with van der Waals surface area (Å²) in [7, 11) is 0. The normalized spacial score (nSPS) is 23.2. The van der Waals surface area contributed by atoms with Crippen molar-refractivity contribution in [3.63, 3.8) is 0 Å². The lowest BCUT2D eigenvalue weighted by Crippen LogP contribution is -2.52. The Bertz CT molecular complexity index is 387. The van der Waals surface area contributed by atoms with Crippen molar-refractivity contribution in [1.82, 2.24) is 15.5 Å². The van der Waals surface area contributed by atoms with Gasteiger partial charge in [0.05, 0.1) is 6.10 Å². The number of nitrogens with one attached hydrogen (secondary N) is 2. The van der Waals surface area contributed by atoms with Crippen LogP contribution in [-0.2, 0) is 9.59 Å². The van der Waals surface area contributed by atoms with Crippen molar-refractivity contribution in [2.75, 3.05) is 13.1 Å². The highest BCUT2D eigenvalue weighted by molar-refractivity contribution is 5.88. The largest absolute Gasteiger partial charge is 0.480 e. The number of amides is 3. The van der Waals surface area contributed by atoms with E-state index in [0.717, 1.165) is 11.3 Å². The van der Waals surface area contributed by atoms with Crippen molar-refractivity contribution in [3.8, 4) is 0 Å². The Morgan fingerprint density at radius 1 is 1.40 bits per heavy atom. The maximum atomic E-state index is 12.0. The number of carboxylic acids is 1. The number of hydrogen-bond donors (Lipinski definition) is 4. The van der Waals surface area contributed by atoms with E-state index >= 15 is 0 Å². The van der Waals surface area contributed by atoms with Gasteiger partial charge in [0.15, 0.2) is 0 Å². The number of hydrogen-bond acceptors (Lipinski definition) is 4. The predicted octanol–water partition coefficient (Wildman–Crippen LogP) is -0.869. The lowest BCUT2D eigenvalue weighted by atomic mass is 10.2. The molecule has 1 rings (SSSR count). The Balaban J connectivity index is 2.57. The molecule has 0 aromatic rings. The fourth-order valence-electron chi connectivity index (χ4n) is 2.01. The summed E-state index contributed by atoms with van der Waals surface area (Å²) in [6.45, 7) is 3.89. The standard InChI is InChI=1S/C12H21N3O5/c1-3-4-13-10(17)7(2)14-12(20)15-6-8(16)5-9(15)11(18)19/h7-9,16H,3-6H2,1-2H3,(H,13,17)(H,14,20)(H,18,19). The first-order valence-corrected chi connectivity index (χ1v) is 6.62. The van der Waals surface area contributed by atoms with Gasteiger partial charge in [-0.2, -0.15) is 0 Å². The van der Waals surface area contributed by atoms with Crippen LogP contribution in [0.2, 0.25) is 0 Å². The number of carbonyl (C=O) groups is 3. The second-order valence-corrected chi connectivity index (χ2v) is 4.86. The third-order valence-corrected chi connectivity index (χ3v) is 3.11. The number of aliphatic carboxylic acids is 1. The van der Waals surface area contributed by atoms with Gasteiger partial charge in [0, 0.05) is 19.5 Å². The molecule has 1 aliphatic rings. The van der Waals surface area contributed by atoms with E-state index < -0.39 is 30.2 Å². The van der Waals surface area contributed by atoms with Crippen LogP contribution < -0.4 is 10.6 Å². The zero-order valence-electron chi connectivity index (χ0n) is 11.6. The van der Waals surface area contributed by atoms with E-state index in [1.165, 1.54) is 6.92 Å². The number of urea groups is 1. The maximum Gasteiger partial charge on any atom is 0.326 e. The van der Waals surface area contributed by atoms with Gasteiger partial charge in [0.1, 0.15) is 12.1 Å². The van der Waals surface area contributed by atoms with Crippen molar-refractivity contribution in [3.05, 3.63) is 0 Å². The van der Waals surface area contributed by atoms with Crippen LogP contribution in [0.5, 0.6) is 0 Å². The first-order chi connectivity index (χ1) is 9.36. The fourth-order valence-corrected chi connectivity index (χ4v) is 2.01. The van der Waals surface area contributed by atoms with Crippen LogP contribution in [0.25, 0.3) is 0 Å². The number of carbonyl (C=O) groups excluding carboxylic acids is 2. The molecular formula is C12H21N3O5. The number of β-amino-alcohol motifs (C(OH)–C–C–N with tert-alkyl or cyclic N) is 1. The van der Waals surface area contributed by atoms with Crippen LogP contribution in [0.15, 0.2) is 0 Å². The van der Waals surface area contributed by atoms with Gasteiger partial charge in [-0.1, -0.05) is 6.92 Å². The van der Waals surface area contributed by atoms with Crippen LogP contribution in [0, 0.1) is 0 Å². The first-order valence-electron chi connectivity index (χ1n) is 6.62. The van der Waals surface area contributed by atoms with Crippen LogP contribution >= 0.6 is 0 Å². The van der Waals surface area contributed by atoms with Crippen LogP contribution in [0.4, 0.5) is 4.79 Å². The molecule has 0 bridgehead atoms. The average Bonchev–Trinajstić information content (AvgIpc) is 2.78. The Morgan fingerprint density at radius 3 is 2.60 bits per heavy atom. The highest BCUT2D eigenvalue weighted by Gasteiger charge is 2.39. The summed E-state index contributed by atoms with van der Waals surface area (Å²) in [5.74, 6) is -1.49. The molecule has 8 heteroatoms. The lowest BCUT2D eigenvalue weighted by molar-refractivity contribution is -0.141. The summed E-state index contributed by atoms with van der Waals surface area (Å²) in [6.07, 6.45) is -0.0728. The monoisotopic (exact) mass is 287 g/mol. The molecule has 0 aromatic heterocycles. The fraction of sp³-hybridized carbons (Fsp3) is 0.750. The summed E-state index contributed by atoms with van der Waals surface area (Å²) in [4.78, 5) is 35.6. The quantitative estimate of drug-likeness (QED) is 0.524. The molecule has 3 atom stereocenters. The molecule has 0 aliphatic carbocycles. The van der Waals surface area contributed by atoms with Gasteiger partial charge in [0.2, 0.25) is 5.91 Å². The summed E-state index contributed by atoms with van der Waals surface area (Å²) in [6, 6.07) is -2.48. The molecule has 4 N–H and O–H groups in total. The van der Waals surface area contributed by atoms with Crippen molar-refractivity contribution >= 4 is 17.9 Å². The third kappa shape index (κ3) is 4.09. The van der Waals surface area contributed by atoms with Gasteiger partial charge in [0.25, 0.3) is 0 Å². The predicted molar refractivity (Wildman–Crippen MR) is 70.0 cm³/mol.